The van der Waals surface area contributed by atoms with Gasteiger partial charge in [0.15, 0.2) is 0 Å². The molecule has 0 bridgehead atoms. The van der Waals surface area contributed by atoms with E-state index in [2.05, 4.69) is 55.1 Å². The van der Waals surface area contributed by atoms with Crippen molar-refractivity contribution in [3.05, 3.63) is 47.5 Å². The van der Waals surface area contributed by atoms with E-state index in [-0.39, 0.29) is 0 Å². The average molecular weight is 286 g/mol. The molecule has 0 spiro atoms. The standard InChI is InChI=1S/C17H26N4/c1-13(2)11-21-17(19-12-20-21)9-16(10-18)8-15-6-4-14(3)5-7-15/h4-7,12-13,16H,8-11,18H2,1-3H3. The number of rotatable bonds is 7. The molecule has 1 atom stereocenters. The van der Waals surface area contributed by atoms with Crippen LogP contribution < -0.4 is 5.73 Å². The number of hydrogen-bond acceptors (Lipinski definition) is 3. The highest BCUT2D eigenvalue weighted by Crippen LogP contribution is 2.14. The summed E-state index contributed by atoms with van der Waals surface area (Å²) in [7, 11) is 0. The zero-order chi connectivity index (χ0) is 15.2. The fourth-order valence-electron chi connectivity index (χ4n) is 2.50. The fourth-order valence-corrected chi connectivity index (χ4v) is 2.50. The van der Waals surface area contributed by atoms with Crippen LogP contribution in [0.5, 0.6) is 0 Å². The van der Waals surface area contributed by atoms with Crippen LogP contribution in [0.25, 0.3) is 0 Å². The number of hydrogen-bond donors (Lipinski definition) is 1. The van der Waals surface area contributed by atoms with Gasteiger partial charge >= 0.3 is 0 Å². The number of nitrogens with two attached hydrogens (primary N) is 1. The molecule has 0 saturated heterocycles. The van der Waals surface area contributed by atoms with Crippen LogP contribution in [0.1, 0.15) is 30.8 Å². The molecule has 1 heterocycles. The highest BCUT2D eigenvalue weighted by molar-refractivity contribution is 5.21. The molecule has 2 rings (SSSR count). The van der Waals surface area contributed by atoms with Gasteiger partial charge in [0.1, 0.15) is 12.2 Å². The van der Waals surface area contributed by atoms with Crippen molar-refractivity contribution in [3.8, 4) is 0 Å². The lowest BCUT2D eigenvalue weighted by Gasteiger charge is -2.16. The molecule has 21 heavy (non-hydrogen) atoms. The van der Waals surface area contributed by atoms with Gasteiger partial charge in [-0.3, -0.25) is 0 Å². The van der Waals surface area contributed by atoms with Gasteiger partial charge in [-0.05, 0) is 37.3 Å². The average Bonchev–Trinajstić information content (AvgIpc) is 2.87. The molecule has 0 aliphatic heterocycles. The maximum Gasteiger partial charge on any atom is 0.138 e. The Morgan fingerprint density at radius 3 is 2.48 bits per heavy atom. The first-order valence-electron chi connectivity index (χ1n) is 7.70. The Kier molecular flexibility index (Phi) is 5.51. The van der Waals surface area contributed by atoms with Crippen LogP contribution in [-0.4, -0.2) is 21.3 Å². The van der Waals surface area contributed by atoms with E-state index in [1.165, 1.54) is 11.1 Å². The first-order chi connectivity index (χ1) is 10.1. The molecule has 1 unspecified atom stereocenters. The SMILES string of the molecule is Cc1ccc(CC(CN)Cc2ncnn2CC(C)C)cc1. The summed E-state index contributed by atoms with van der Waals surface area (Å²) in [6.07, 6.45) is 3.53. The minimum absolute atomic E-state index is 0.405. The summed E-state index contributed by atoms with van der Waals surface area (Å²) >= 11 is 0. The third-order valence-corrected chi connectivity index (χ3v) is 3.68. The monoisotopic (exact) mass is 286 g/mol. The van der Waals surface area contributed by atoms with Gasteiger partial charge in [0.05, 0.1) is 0 Å². The van der Waals surface area contributed by atoms with Crippen LogP contribution in [0.4, 0.5) is 0 Å². The molecular weight excluding hydrogens is 260 g/mol. The summed E-state index contributed by atoms with van der Waals surface area (Å²) in [5, 5.41) is 4.33. The normalized spacial score (nSPS) is 12.8. The van der Waals surface area contributed by atoms with E-state index in [1.54, 1.807) is 6.33 Å². The molecule has 1 aromatic carbocycles. The number of aromatic nitrogens is 3. The quantitative estimate of drug-likeness (QED) is 0.851. The van der Waals surface area contributed by atoms with Gasteiger partial charge in [0.2, 0.25) is 0 Å². The van der Waals surface area contributed by atoms with Gasteiger partial charge in [0, 0.05) is 13.0 Å². The predicted octanol–water partition coefficient (Wildman–Crippen LogP) is 2.60. The van der Waals surface area contributed by atoms with Crippen LogP contribution in [0.2, 0.25) is 0 Å². The second-order valence-electron chi connectivity index (χ2n) is 6.25. The zero-order valence-electron chi connectivity index (χ0n) is 13.3. The summed E-state index contributed by atoms with van der Waals surface area (Å²) in [6.45, 7) is 8.08. The van der Waals surface area contributed by atoms with Gasteiger partial charge in [0.25, 0.3) is 0 Å². The van der Waals surface area contributed by atoms with Crippen molar-refractivity contribution in [3.63, 3.8) is 0 Å². The van der Waals surface area contributed by atoms with Crippen LogP contribution in [0, 0.1) is 18.8 Å². The maximum absolute atomic E-state index is 5.96. The van der Waals surface area contributed by atoms with Crippen molar-refractivity contribution in [2.24, 2.45) is 17.6 Å². The molecule has 4 nitrogen and oxygen atoms in total. The van der Waals surface area contributed by atoms with Crippen LogP contribution in [0.3, 0.4) is 0 Å². The Bertz CT molecular complexity index is 542. The molecule has 2 N–H and O–H groups in total. The minimum Gasteiger partial charge on any atom is -0.330 e. The van der Waals surface area contributed by atoms with E-state index >= 15 is 0 Å². The van der Waals surface area contributed by atoms with Gasteiger partial charge < -0.3 is 5.73 Å². The predicted molar refractivity (Wildman–Crippen MR) is 86.0 cm³/mol. The first kappa shape index (κ1) is 15.7. The second-order valence-corrected chi connectivity index (χ2v) is 6.25. The van der Waals surface area contributed by atoms with Crippen molar-refractivity contribution in [1.29, 1.82) is 0 Å². The lowest BCUT2D eigenvalue weighted by molar-refractivity contribution is 0.439. The molecule has 0 aliphatic carbocycles. The van der Waals surface area contributed by atoms with Gasteiger partial charge in [-0.25, -0.2) is 9.67 Å². The highest BCUT2D eigenvalue weighted by atomic mass is 15.3. The van der Waals surface area contributed by atoms with E-state index in [4.69, 9.17) is 5.73 Å². The molecule has 0 amide bonds. The topological polar surface area (TPSA) is 56.7 Å². The Balaban J connectivity index is 2.02. The smallest absolute Gasteiger partial charge is 0.138 e. The largest absolute Gasteiger partial charge is 0.330 e. The fraction of sp³-hybridized carbons (Fsp3) is 0.529. The van der Waals surface area contributed by atoms with Gasteiger partial charge in [-0.2, -0.15) is 5.10 Å². The molecule has 1 aromatic heterocycles. The van der Waals surface area contributed by atoms with Crippen molar-refractivity contribution >= 4 is 0 Å². The van der Waals surface area contributed by atoms with E-state index < -0.39 is 0 Å². The molecule has 0 aliphatic rings. The highest BCUT2D eigenvalue weighted by Gasteiger charge is 2.14. The summed E-state index contributed by atoms with van der Waals surface area (Å²) in [5.41, 5.74) is 8.59. The van der Waals surface area contributed by atoms with Crippen molar-refractivity contribution in [2.45, 2.75) is 40.2 Å². The summed E-state index contributed by atoms with van der Waals surface area (Å²) in [5.74, 6) is 2.02. The Morgan fingerprint density at radius 2 is 1.86 bits per heavy atom. The molecule has 2 aromatic rings. The summed E-state index contributed by atoms with van der Waals surface area (Å²) in [6, 6.07) is 8.70. The number of benzene rings is 1. The number of nitrogens with zero attached hydrogens (tertiary/aromatic N) is 3. The molecule has 0 fully saturated rings. The number of aryl methyl sites for hydroxylation is 1. The molecule has 0 saturated carbocycles. The lowest BCUT2D eigenvalue weighted by Crippen LogP contribution is -2.22. The Hall–Kier alpha value is -1.68. The van der Waals surface area contributed by atoms with E-state index in [9.17, 15) is 0 Å². The molecule has 0 radical (unpaired) electrons. The van der Waals surface area contributed by atoms with Crippen LogP contribution in [0.15, 0.2) is 30.6 Å². The second kappa shape index (κ2) is 7.36. The minimum atomic E-state index is 0.405. The van der Waals surface area contributed by atoms with Gasteiger partial charge in [-0.1, -0.05) is 43.7 Å². The first-order valence-corrected chi connectivity index (χ1v) is 7.70. The third kappa shape index (κ3) is 4.67. The lowest BCUT2D eigenvalue weighted by atomic mass is 9.95. The van der Waals surface area contributed by atoms with Crippen LogP contribution >= 0.6 is 0 Å². The Labute approximate surface area is 127 Å². The van der Waals surface area contributed by atoms with E-state index in [0.717, 1.165) is 25.2 Å². The summed E-state index contributed by atoms with van der Waals surface area (Å²) < 4.78 is 2.02. The Morgan fingerprint density at radius 1 is 1.14 bits per heavy atom. The third-order valence-electron chi connectivity index (χ3n) is 3.68. The maximum atomic E-state index is 5.96. The zero-order valence-corrected chi connectivity index (χ0v) is 13.3. The molecular formula is C17H26N4. The van der Waals surface area contributed by atoms with Crippen LogP contribution in [-0.2, 0) is 19.4 Å². The molecule has 4 heteroatoms. The molecule has 114 valence electrons. The van der Waals surface area contributed by atoms with Crippen molar-refractivity contribution < 1.29 is 0 Å². The van der Waals surface area contributed by atoms with E-state index in [1.807, 2.05) is 4.68 Å². The van der Waals surface area contributed by atoms with Crippen molar-refractivity contribution in [2.75, 3.05) is 6.54 Å². The van der Waals surface area contributed by atoms with Crippen molar-refractivity contribution in [1.82, 2.24) is 14.8 Å². The van der Waals surface area contributed by atoms with Gasteiger partial charge in [-0.15, -0.1) is 0 Å². The summed E-state index contributed by atoms with van der Waals surface area (Å²) in [4.78, 5) is 4.41. The van der Waals surface area contributed by atoms with E-state index in [0.29, 0.717) is 18.4 Å².